The van der Waals surface area contributed by atoms with Gasteiger partial charge in [-0.1, -0.05) is 77.6 Å². The molecule has 22 heavy (non-hydrogen) atoms. The first-order valence-corrected chi connectivity index (χ1v) is 9.06. The average molecular weight is 509 g/mol. The van der Waals surface area contributed by atoms with Crippen molar-refractivity contribution in [2.45, 2.75) is 109 Å². The molecule has 0 aromatic carbocycles. The number of aliphatic hydroxyl groups is 1. The molecule has 0 aliphatic carbocycles. The molecule has 0 aromatic rings. The summed E-state index contributed by atoms with van der Waals surface area (Å²) in [5.41, 5.74) is 0. The molecule has 1 atom stereocenters. The normalized spacial score (nSPS) is 11.9. The molecule has 0 saturated heterocycles. The predicted molar refractivity (Wildman–Crippen MR) is 94.3 cm³/mol. The van der Waals surface area contributed by atoms with Gasteiger partial charge in [0, 0.05) is 32.6 Å². The van der Waals surface area contributed by atoms with Gasteiger partial charge < -0.3 is 10.2 Å². The number of rotatable bonds is 16. The van der Waals surface area contributed by atoms with Gasteiger partial charge in [-0.15, -0.1) is 0 Å². The van der Waals surface area contributed by atoms with Gasteiger partial charge in [-0.2, -0.15) is 0 Å². The Labute approximate surface area is 156 Å². The number of carbonyl (C=O) groups is 1. The summed E-state index contributed by atoms with van der Waals surface area (Å²) in [7, 11) is 0. The smallest absolute Gasteiger partial charge is 0.303 e. The number of carboxylic acids is 1. The zero-order valence-corrected chi connectivity index (χ0v) is 17.9. The second kappa shape index (κ2) is 19.4. The first kappa shape index (κ1) is 24.6. The van der Waals surface area contributed by atoms with Crippen LogP contribution >= 0.6 is 0 Å². The number of unbranched alkanes of at least 4 members (excludes halogenated alkanes) is 10. The van der Waals surface area contributed by atoms with Crippen LogP contribution in [0.5, 0.6) is 0 Å². The van der Waals surface area contributed by atoms with Crippen molar-refractivity contribution in [3.05, 3.63) is 0 Å². The number of hydrogen-bond acceptors (Lipinski definition) is 2. The predicted octanol–water partition coefficient (Wildman–Crippen LogP) is 4.92. The molecular weight excluding hydrogens is 473 g/mol. The van der Waals surface area contributed by atoms with Crippen molar-refractivity contribution in [3.63, 3.8) is 0 Å². The summed E-state index contributed by atoms with van der Waals surface area (Å²) in [5, 5.41) is 18.4. The van der Waals surface area contributed by atoms with E-state index in [1.165, 1.54) is 51.4 Å². The molecule has 0 heterocycles. The Balaban J connectivity index is 0. The molecule has 0 saturated carbocycles. The third kappa shape index (κ3) is 20.3. The van der Waals surface area contributed by atoms with Crippen molar-refractivity contribution >= 4 is 32.2 Å². The Morgan fingerprint density at radius 1 is 0.773 bits per heavy atom. The molecular formula is C18H36BiO3. The van der Waals surface area contributed by atoms with Crippen molar-refractivity contribution in [1.29, 1.82) is 0 Å². The SMILES string of the molecule is CCCCCCC(O)CCCCCCCCCCC(=O)O.[Bi]. The van der Waals surface area contributed by atoms with Gasteiger partial charge in [-0.3, -0.25) is 4.79 Å². The summed E-state index contributed by atoms with van der Waals surface area (Å²) in [5.74, 6) is -0.678. The molecule has 0 aliphatic rings. The molecule has 0 spiro atoms. The number of hydrogen-bond donors (Lipinski definition) is 2. The van der Waals surface area contributed by atoms with Crippen molar-refractivity contribution in [2.24, 2.45) is 0 Å². The topological polar surface area (TPSA) is 57.5 Å². The summed E-state index contributed by atoms with van der Waals surface area (Å²) < 4.78 is 0. The molecule has 0 amide bonds. The maximum absolute atomic E-state index is 10.3. The summed E-state index contributed by atoms with van der Waals surface area (Å²) in [6, 6.07) is 0. The minimum Gasteiger partial charge on any atom is -0.481 e. The van der Waals surface area contributed by atoms with Gasteiger partial charge >= 0.3 is 5.97 Å². The van der Waals surface area contributed by atoms with E-state index in [0.29, 0.717) is 6.42 Å². The van der Waals surface area contributed by atoms with Crippen molar-refractivity contribution < 1.29 is 15.0 Å². The van der Waals surface area contributed by atoms with E-state index in [2.05, 4.69) is 6.92 Å². The summed E-state index contributed by atoms with van der Waals surface area (Å²) in [6.07, 6.45) is 16.3. The third-order valence-corrected chi connectivity index (χ3v) is 4.07. The quantitative estimate of drug-likeness (QED) is 0.229. The van der Waals surface area contributed by atoms with Crippen LogP contribution < -0.4 is 0 Å². The Hall–Kier alpha value is 0.313. The minimum absolute atomic E-state index is 0. The maximum Gasteiger partial charge on any atom is 0.303 e. The number of aliphatic carboxylic acids is 1. The fourth-order valence-electron chi connectivity index (χ4n) is 2.67. The second-order valence-corrected chi connectivity index (χ2v) is 6.26. The Kier molecular flexibility index (Phi) is 21.6. The van der Waals surface area contributed by atoms with Gasteiger partial charge in [0.1, 0.15) is 0 Å². The van der Waals surface area contributed by atoms with Gasteiger partial charge in [-0.25, -0.2) is 0 Å². The summed E-state index contributed by atoms with van der Waals surface area (Å²) >= 11 is 0. The van der Waals surface area contributed by atoms with Crippen LogP contribution in [0, 0.1) is 0 Å². The van der Waals surface area contributed by atoms with Crippen LogP contribution in [0.2, 0.25) is 0 Å². The second-order valence-electron chi connectivity index (χ2n) is 6.26. The minimum atomic E-state index is -0.678. The number of carboxylic acid groups (broad SMARTS) is 1. The zero-order chi connectivity index (χ0) is 15.8. The maximum atomic E-state index is 10.3. The number of aliphatic hydroxyl groups excluding tert-OH is 1. The van der Waals surface area contributed by atoms with Gasteiger partial charge in [0.15, 0.2) is 0 Å². The molecule has 0 aliphatic heterocycles. The van der Waals surface area contributed by atoms with Crippen LogP contribution in [0.25, 0.3) is 0 Å². The molecule has 1 unspecified atom stereocenters. The first-order valence-electron chi connectivity index (χ1n) is 9.06. The molecule has 0 aromatic heterocycles. The Morgan fingerprint density at radius 2 is 1.18 bits per heavy atom. The van der Waals surface area contributed by atoms with E-state index >= 15 is 0 Å². The van der Waals surface area contributed by atoms with E-state index < -0.39 is 5.97 Å². The third-order valence-electron chi connectivity index (χ3n) is 4.07. The largest absolute Gasteiger partial charge is 0.481 e. The van der Waals surface area contributed by atoms with Crippen LogP contribution in [-0.2, 0) is 4.79 Å². The van der Waals surface area contributed by atoms with E-state index in [-0.39, 0.29) is 32.3 Å². The van der Waals surface area contributed by atoms with Crippen LogP contribution in [0.4, 0.5) is 0 Å². The molecule has 2 N–H and O–H groups in total. The van der Waals surface area contributed by atoms with Gasteiger partial charge in [0.05, 0.1) is 6.10 Å². The zero-order valence-electron chi connectivity index (χ0n) is 14.4. The molecule has 131 valence electrons. The Morgan fingerprint density at radius 3 is 1.64 bits per heavy atom. The first-order chi connectivity index (χ1) is 10.2. The van der Waals surface area contributed by atoms with E-state index in [1.54, 1.807) is 0 Å². The van der Waals surface area contributed by atoms with E-state index in [4.69, 9.17) is 5.11 Å². The fraction of sp³-hybridized carbons (Fsp3) is 0.944. The van der Waals surface area contributed by atoms with Gasteiger partial charge in [0.2, 0.25) is 0 Å². The molecule has 0 rings (SSSR count). The fourth-order valence-corrected chi connectivity index (χ4v) is 2.67. The molecule has 0 fully saturated rings. The van der Waals surface area contributed by atoms with Crippen LogP contribution in [-0.4, -0.2) is 48.5 Å². The molecule has 4 heteroatoms. The van der Waals surface area contributed by atoms with E-state index in [1.807, 2.05) is 0 Å². The van der Waals surface area contributed by atoms with Crippen LogP contribution in [0.1, 0.15) is 103 Å². The van der Waals surface area contributed by atoms with E-state index in [9.17, 15) is 9.90 Å². The van der Waals surface area contributed by atoms with Gasteiger partial charge in [-0.05, 0) is 19.3 Å². The summed E-state index contributed by atoms with van der Waals surface area (Å²) in [6.45, 7) is 2.21. The molecule has 0 bridgehead atoms. The van der Waals surface area contributed by atoms with Crippen LogP contribution in [0.3, 0.4) is 0 Å². The van der Waals surface area contributed by atoms with E-state index in [0.717, 1.165) is 38.5 Å². The summed E-state index contributed by atoms with van der Waals surface area (Å²) in [4.78, 5) is 10.3. The monoisotopic (exact) mass is 509 g/mol. The molecule has 3 radical (unpaired) electrons. The van der Waals surface area contributed by atoms with Crippen molar-refractivity contribution in [2.75, 3.05) is 0 Å². The Bertz CT molecular complexity index is 234. The molecule has 3 nitrogen and oxygen atoms in total. The average Bonchev–Trinajstić information content (AvgIpc) is 2.45. The van der Waals surface area contributed by atoms with Crippen molar-refractivity contribution in [3.8, 4) is 0 Å². The van der Waals surface area contributed by atoms with Crippen LogP contribution in [0.15, 0.2) is 0 Å². The van der Waals surface area contributed by atoms with Crippen molar-refractivity contribution in [1.82, 2.24) is 0 Å². The standard InChI is InChI=1S/C18H36O3.Bi/c1-2-3-4-11-14-17(19)15-12-9-7-5-6-8-10-13-16-18(20)21;/h17,19H,2-16H2,1H3,(H,20,21);. The van der Waals surface area contributed by atoms with Gasteiger partial charge in [0.25, 0.3) is 0 Å².